The Labute approximate surface area is 214 Å². The summed E-state index contributed by atoms with van der Waals surface area (Å²) in [6, 6.07) is 18.8. The monoisotopic (exact) mass is 554 g/mol. The van der Waals surface area contributed by atoms with E-state index in [1.54, 1.807) is 73.7 Å². The summed E-state index contributed by atoms with van der Waals surface area (Å²) in [7, 11) is 1.46. The van der Waals surface area contributed by atoms with E-state index >= 15 is 0 Å². The molecule has 0 aliphatic rings. The smallest absolute Gasteiger partial charge is 0.328 e. The van der Waals surface area contributed by atoms with E-state index in [1.807, 2.05) is 0 Å². The third kappa shape index (κ3) is 5.16. The lowest BCUT2D eigenvalue weighted by Gasteiger charge is -2.14. The van der Waals surface area contributed by atoms with E-state index in [0.29, 0.717) is 38.6 Å². The number of fused-ring (bicyclic) bond motifs is 1. The Kier molecular flexibility index (Phi) is 7.09. The van der Waals surface area contributed by atoms with Crippen LogP contribution in [-0.4, -0.2) is 29.5 Å². The quantitative estimate of drug-likeness (QED) is 0.290. The molecule has 178 valence electrons. The lowest BCUT2D eigenvalue weighted by molar-refractivity contribution is -0.133. The van der Waals surface area contributed by atoms with Crippen molar-refractivity contribution in [3.8, 4) is 5.75 Å². The number of methoxy groups -OCH3 is 1. The Hall–Kier alpha value is -3.82. The minimum Gasteiger partial charge on any atom is -0.495 e. The number of carbonyl (C=O) groups excluding carboxylic acids is 3. The summed E-state index contributed by atoms with van der Waals surface area (Å²) in [5, 5.41) is 6.52. The minimum absolute atomic E-state index is 0.121. The molecule has 3 amide bonds. The first-order valence-electron chi connectivity index (χ1n) is 10.4. The zero-order chi connectivity index (χ0) is 25.1. The van der Waals surface area contributed by atoms with Gasteiger partial charge in [0.15, 0.2) is 0 Å². The largest absolute Gasteiger partial charge is 0.495 e. The Morgan fingerprint density at radius 3 is 2.43 bits per heavy atom. The lowest BCUT2D eigenvalue weighted by Crippen LogP contribution is -2.36. The zero-order valence-corrected chi connectivity index (χ0v) is 21.0. The van der Waals surface area contributed by atoms with E-state index in [2.05, 4.69) is 32.0 Å². The van der Waals surface area contributed by atoms with Crippen molar-refractivity contribution < 1.29 is 19.1 Å². The van der Waals surface area contributed by atoms with Gasteiger partial charge in [-0.3, -0.25) is 19.8 Å². The molecule has 0 saturated heterocycles. The fraction of sp³-hybridized carbons (Fsp3) is 0.0800. The van der Waals surface area contributed by atoms with Gasteiger partial charge in [0.25, 0.3) is 5.91 Å². The molecular formula is C25H20BrClN4O4. The molecule has 8 nitrogen and oxygen atoms in total. The number of aromatic nitrogens is 1. The molecule has 0 spiro atoms. The van der Waals surface area contributed by atoms with Gasteiger partial charge in [0.1, 0.15) is 11.4 Å². The molecule has 0 atom stereocenters. The highest BCUT2D eigenvalue weighted by molar-refractivity contribution is 9.10. The van der Waals surface area contributed by atoms with Crippen molar-refractivity contribution in [3.63, 3.8) is 0 Å². The van der Waals surface area contributed by atoms with Crippen LogP contribution in [0.1, 0.15) is 16.1 Å². The summed E-state index contributed by atoms with van der Waals surface area (Å²) in [6.07, 6.45) is 0. The Bertz CT molecular complexity index is 1470. The predicted octanol–water partition coefficient (Wildman–Crippen LogP) is 5.34. The van der Waals surface area contributed by atoms with Gasteiger partial charge in [0, 0.05) is 20.6 Å². The van der Waals surface area contributed by atoms with Crippen molar-refractivity contribution in [2.45, 2.75) is 6.92 Å². The molecule has 0 saturated carbocycles. The molecular weight excluding hydrogens is 536 g/mol. The van der Waals surface area contributed by atoms with E-state index in [1.165, 1.54) is 11.8 Å². The number of rotatable bonds is 5. The Morgan fingerprint density at radius 2 is 1.66 bits per heavy atom. The fourth-order valence-electron chi connectivity index (χ4n) is 3.48. The van der Waals surface area contributed by atoms with Crippen LogP contribution in [0.25, 0.3) is 10.9 Å². The maximum atomic E-state index is 13.2. The standard InChI is InChI=1S/C25H20BrClN4O4/c1-14-17(27)6-5-8-18(14)28-23(32)21-13-15-12-16(26)10-11-20(15)31(21)30-25(34)24(33)29-19-7-3-4-9-22(19)35-2/h3-13H,1-2H3,(H,28,32)(H,29,33)(H,30,34). The molecule has 0 unspecified atom stereocenters. The fourth-order valence-corrected chi connectivity index (χ4v) is 4.04. The van der Waals surface area contributed by atoms with Gasteiger partial charge in [-0.2, -0.15) is 0 Å². The molecule has 4 rings (SSSR count). The van der Waals surface area contributed by atoms with E-state index in [9.17, 15) is 14.4 Å². The first-order valence-corrected chi connectivity index (χ1v) is 11.6. The number of halogens is 2. The van der Waals surface area contributed by atoms with Crippen LogP contribution in [-0.2, 0) is 9.59 Å². The summed E-state index contributed by atoms with van der Waals surface area (Å²) >= 11 is 9.59. The van der Waals surface area contributed by atoms with E-state index in [0.717, 1.165) is 4.47 Å². The SMILES string of the molecule is COc1ccccc1NC(=O)C(=O)Nn1c(C(=O)Nc2cccc(Cl)c2C)cc2cc(Br)ccc21. The van der Waals surface area contributed by atoms with Gasteiger partial charge in [-0.1, -0.05) is 45.7 Å². The normalized spacial score (nSPS) is 10.6. The van der Waals surface area contributed by atoms with E-state index in [4.69, 9.17) is 16.3 Å². The third-order valence-electron chi connectivity index (χ3n) is 5.29. The molecule has 4 aromatic rings. The maximum Gasteiger partial charge on any atom is 0.328 e. The number of anilines is 2. The van der Waals surface area contributed by atoms with Gasteiger partial charge in [0.2, 0.25) is 0 Å². The molecule has 10 heteroatoms. The zero-order valence-electron chi connectivity index (χ0n) is 18.7. The number of hydrogen-bond donors (Lipinski definition) is 3. The number of para-hydroxylation sites is 2. The molecule has 0 bridgehead atoms. The number of nitrogens with zero attached hydrogens (tertiary/aromatic N) is 1. The second kappa shape index (κ2) is 10.2. The molecule has 0 fully saturated rings. The van der Waals surface area contributed by atoms with E-state index in [-0.39, 0.29) is 5.69 Å². The first-order chi connectivity index (χ1) is 16.8. The summed E-state index contributed by atoms with van der Waals surface area (Å²) in [6.45, 7) is 1.79. The number of ether oxygens (including phenoxy) is 1. The predicted molar refractivity (Wildman–Crippen MR) is 140 cm³/mol. The average molecular weight is 556 g/mol. The van der Waals surface area contributed by atoms with Gasteiger partial charge in [-0.25, -0.2) is 4.68 Å². The third-order valence-corrected chi connectivity index (χ3v) is 6.19. The van der Waals surface area contributed by atoms with Crippen molar-refractivity contribution in [3.05, 3.63) is 87.5 Å². The van der Waals surface area contributed by atoms with Crippen LogP contribution in [0.2, 0.25) is 5.02 Å². The second-order valence-electron chi connectivity index (χ2n) is 7.53. The van der Waals surface area contributed by atoms with Gasteiger partial charge in [-0.05, 0) is 61.0 Å². The second-order valence-corrected chi connectivity index (χ2v) is 8.85. The highest BCUT2D eigenvalue weighted by atomic mass is 79.9. The number of nitrogens with one attached hydrogen (secondary N) is 3. The summed E-state index contributed by atoms with van der Waals surface area (Å²) in [5.41, 5.74) is 4.74. The van der Waals surface area contributed by atoms with Crippen LogP contribution in [0.3, 0.4) is 0 Å². The van der Waals surface area contributed by atoms with Gasteiger partial charge >= 0.3 is 11.8 Å². The Balaban J connectivity index is 1.65. The van der Waals surface area contributed by atoms with Gasteiger partial charge < -0.3 is 15.4 Å². The molecule has 3 aromatic carbocycles. The average Bonchev–Trinajstić information content (AvgIpc) is 3.19. The topological polar surface area (TPSA) is 101 Å². The number of carbonyl (C=O) groups is 3. The first kappa shape index (κ1) is 24.3. The lowest BCUT2D eigenvalue weighted by atomic mass is 10.2. The number of hydrogen-bond acceptors (Lipinski definition) is 4. The van der Waals surface area contributed by atoms with Gasteiger partial charge in [0.05, 0.1) is 18.3 Å². The van der Waals surface area contributed by atoms with Crippen molar-refractivity contribution in [1.82, 2.24) is 4.68 Å². The van der Waals surface area contributed by atoms with Crippen LogP contribution < -0.4 is 20.8 Å². The van der Waals surface area contributed by atoms with Crippen molar-refractivity contribution in [2.75, 3.05) is 23.2 Å². The summed E-state index contributed by atoms with van der Waals surface area (Å²) < 4.78 is 7.28. The minimum atomic E-state index is -0.968. The van der Waals surface area contributed by atoms with Crippen LogP contribution in [0.4, 0.5) is 11.4 Å². The molecule has 0 radical (unpaired) electrons. The molecule has 3 N–H and O–H groups in total. The molecule has 1 heterocycles. The van der Waals surface area contributed by atoms with Crippen LogP contribution in [0.5, 0.6) is 5.75 Å². The van der Waals surface area contributed by atoms with E-state index < -0.39 is 17.7 Å². The van der Waals surface area contributed by atoms with Crippen molar-refractivity contribution in [2.24, 2.45) is 0 Å². The van der Waals surface area contributed by atoms with Crippen molar-refractivity contribution in [1.29, 1.82) is 0 Å². The molecule has 1 aromatic heterocycles. The number of benzene rings is 3. The number of amides is 3. The van der Waals surface area contributed by atoms with Crippen molar-refractivity contribution >= 4 is 67.5 Å². The highest BCUT2D eigenvalue weighted by Gasteiger charge is 2.22. The van der Waals surface area contributed by atoms with Crippen LogP contribution in [0, 0.1) is 6.92 Å². The van der Waals surface area contributed by atoms with Crippen LogP contribution in [0.15, 0.2) is 71.2 Å². The maximum absolute atomic E-state index is 13.2. The molecule has 0 aliphatic carbocycles. The Morgan fingerprint density at radius 1 is 0.914 bits per heavy atom. The molecule has 35 heavy (non-hydrogen) atoms. The van der Waals surface area contributed by atoms with Gasteiger partial charge in [-0.15, -0.1) is 0 Å². The summed E-state index contributed by atoms with van der Waals surface area (Å²) in [5.74, 6) is -1.98. The highest BCUT2D eigenvalue weighted by Crippen LogP contribution is 2.27. The summed E-state index contributed by atoms with van der Waals surface area (Å²) in [4.78, 5) is 38.7. The molecule has 0 aliphatic heterocycles. The van der Waals surface area contributed by atoms with Crippen LogP contribution >= 0.6 is 27.5 Å².